The van der Waals surface area contributed by atoms with Crippen LogP contribution in [-0.2, 0) is 32.7 Å². The van der Waals surface area contributed by atoms with E-state index in [1.54, 1.807) is 0 Å². The van der Waals surface area contributed by atoms with Crippen LogP contribution in [0.5, 0.6) is 0 Å². The highest BCUT2D eigenvalue weighted by Gasteiger charge is 2.27. The molecular formula is C40H75O10P. The summed E-state index contributed by atoms with van der Waals surface area (Å²) in [5.41, 5.74) is 0. The third-order valence-corrected chi connectivity index (χ3v) is 9.56. The van der Waals surface area contributed by atoms with E-state index in [1.165, 1.54) is 77.0 Å². The Morgan fingerprint density at radius 1 is 0.588 bits per heavy atom. The molecule has 0 aliphatic carbocycles. The number of hydrogen-bond acceptors (Lipinski definition) is 9. The van der Waals surface area contributed by atoms with E-state index in [2.05, 4.69) is 42.7 Å². The van der Waals surface area contributed by atoms with Gasteiger partial charge in [-0.05, 0) is 44.9 Å². The van der Waals surface area contributed by atoms with Crippen molar-refractivity contribution >= 4 is 19.8 Å². The van der Waals surface area contributed by atoms with Gasteiger partial charge in [0.25, 0.3) is 0 Å². The second kappa shape index (κ2) is 36.8. The Hall–Kier alpha value is -1.55. The number of carbonyl (C=O) groups is 2. The summed E-state index contributed by atoms with van der Waals surface area (Å²) in [7, 11) is -4.61. The summed E-state index contributed by atoms with van der Waals surface area (Å²) in [6.07, 6.45) is 34.2. The lowest BCUT2D eigenvalue weighted by atomic mass is 10.0. The molecule has 300 valence electrons. The molecule has 10 nitrogen and oxygen atoms in total. The third kappa shape index (κ3) is 36.6. The van der Waals surface area contributed by atoms with Crippen molar-refractivity contribution in [3.8, 4) is 0 Å². The number of aliphatic hydroxyl groups is 2. The van der Waals surface area contributed by atoms with Gasteiger partial charge in [0.2, 0.25) is 0 Å². The van der Waals surface area contributed by atoms with Crippen molar-refractivity contribution in [3.63, 3.8) is 0 Å². The normalized spacial score (nSPS) is 14.2. The van der Waals surface area contributed by atoms with Crippen molar-refractivity contribution in [2.24, 2.45) is 0 Å². The zero-order valence-corrected chi connectivity index (χ0v) is 33.2. The molecule has 1 unspecified atom stereocenters. The van der Waals surface area contributed by atoms with E-state index in [0.29, 0.717) is 12.8 Å². The quantitative estimate of drug-likeness (QED) is 0.0241. The standard InChI is InChI=1S/C40H75O10P/c1-3-5-7-9-11-13-15-17-18-20-22-24-26-28-30-32-40(44)50-38(36-49-51(45,46)48-34-37(42)33-41)35-47-39(43)31-29-27-25-23-21-19-16-14-12-10-8-6-4-2/h11,13,17-18,37-38,41-42H,3-10,12,14-16,19-36H2,1-2H3,(H,45,46)/b13-11-,18-17-/t37-,38-/m1/s1. The van der Waals surface area contributed by atoms with Gasteiger partial charge in [-0.25, -0.2) is 4.57 Å². The topological polar surface area (TPSA) is 149 Å². The Kier molecular flexibility index (Phi) is 35.7. The van der Waals surface area contributed by atoms with Crippen molar-refractivity contribution in [2.45, 2.75) is 193 Å². The zero-order valence-electron chi connectivity index (χ0n) is 32.3. The molecule has 0 spiro atoms. The summed E-state index contributed by atoms with van der Waals surface area (Å²) in [5, 5.41) is 18.3. The van der Waals surface area contributed by atoms with Gasteiger partial charge in [0, 0.05) is 12.8 Å². The van der Waals surface area contributed by atoms with Crippen LogP contribution in [-0.4, -0.2) is 65.7 Å². The first kappa shape index (κ1) is 49.5. The van der Waals surface area contributed by atoms with E-state index < -0.39 is 51.8 Å². The van der Waals surface area contributed by atoms with Gasteiger partial charge in [0.15, 0.2) is 6.10 Å². The molecule has 0 aliphatic rings. The van der Waals surface area contributed by atoms with E-state index in [4.69, 9.17) is 19.1 Å². The predicted molar refractivity (Wildman–Crippen MR) is 205 cm³/mol. The highest BCUT2D eigenvalue weighted by atomic mass is 31.2. The molecule has 3 N–H and O–H groups in total. The summed E-state index contributed by atoms with van der Waals surface area (Å²) in [6.45, 7) is 2.34. The van der Waals surface area contributed by atoms with Crippen molar-refractivity contribution in [2.75, 3.05) is 26.4 Å². The van der Waals surface area contributed by atoms with Crippen LogP contribution in [0.25, 0.3) is 0 Å². The molecular weight excluding hydrogens is 671 g/mol. The Morgan fingerprint density at radius 2 is 1.02 bits per heavy atom. The average Bonchev–Trinajstić information content (AvgIpc) is 3.12. The maximum absolute atomic E-state index is 12.6. The highest BCUT2D eigenvalue weighted by Crippen LogP contribution is 2.43. The van der Waals surface area contributed by atoms with E-state index in [9.17, 15) is 24.2 Å². The predicted octanol–water partition coefficient (Wildman–Crippen LogP) is 10.2. The maximum atomic E-state index is 12.6. The van der Waals surface area contributed by atoms with Crippen LogP contribution in [0.2, 0.25) is 0 Å². The minimum atomic E-state index is -4.61. The molecule has 0 aromatic carbocycles. The summed E-state index contributed by atoms with van der Waals surface area (Å²) < 4.78 is 32.6. The van der Waals surface area contributed by atoms with Crippen LogP contribution in [0.3, 0.4) is 0 Å². The lowest BCUT2D eigenvalue weighted by Crippen LogP contribution is -2.29. The van der Waals surface area contributed by atoms with Gasteiger partial charge < -0.3 is 24.6 Å². The Balaban J connectivity index is 4.35. The fourth-order valence-corrected chi connectivity index (χ4v) is 6.22. The van der Waals surface area contributed by atoms with Gasteiger partial charge in [-0.15, -0.1) is 0 Å². The second-order valence-corrected chi connectivity index (χ2v) is 15.1. The van der Waals surface area contributed by atoms with Crippen molar-refractivity contribution < 1.29 is 47.8 Å². The van der Waals surface area contributed by atoms with Crippen LogP contribution in [0, 0.1) is 0 Å². The number of carbonyl (C=O) groups excluding carboxylic acids is 2. The van der Waals surface area contributed by atoms with Crippen molar-refractivity contribution in [3.05, 3.63) is 24.3 Å². The van der Waals surface area contributed by atoms with E-state index >= 15 is 0 Å². The number of unbranched alkanes of at least 4 members (excludes halogenated alkanes) is 20. The summed E-state index contributed by atoms with van der Waals surface area (Å²) in [6, 6.07) is 0. The lowest BCUT2D eigenvalue weighted by molar-refractivity contribution is -0.161. The largest absolute Gasteiger partial charge is 0.472 e. The first-order valence-electron chi connectivity index (χ1n) is 20.3. The van der Waals surface area contributed by atoms with Gasteiger partial charge in [0.1, 0.15) is 12.7 Å². The van der Waals surface area contributed by atoms with Crippen LogP contribution < -0.4 is 0 Å². The molecule has 51 heavy (non-hydrogen) atoms. The Morgan fingerprint density at radius 3 is 1.55 bits per heavy atom. The molecule has 0 heterocycles. The Bertz CT molecular complexity index is 910. The summed E-state index contributed by atoms with van der Waals surface area (Å²) >= 11 is 0. The molecule has 0 aromatic rings. The number of hydrogen-bond donors (Lipinski definition) is 3. The smallest absolute Gasteiger partial charge is 0.462 e. The first-order valence-corrected chi connectivity index (χ1v) is 21.8. The average molecular weight is 747 g/mol. The summed E-state index contributed by atoms with van der Waals surface area (Å²) in [4.78, 5) is 34.9. The number of allylic oxidation sites excluding steroid dienone is 4. The first-order chi connectivity index (χ1) is 24.7. The fourth-order valence-electron chi connectivity index (χ4n) is 5.43. The fraction of sp³-hybridized carbons (Fsp3) is 0.850. The number of rotatable bonds is 38. The van der Waals surface area contributed by atoms with Gasteiger partial charge >= 0.3 is 19.8 Å². The molecule has 3 atom stereocenters. The van der Waals surface area contributed by atoms with E-state index in [-0.39, 0.29) is 19.4 Å². The minimum Gasteiger partial charge on any atom is -0.462 e. The van der Waals surface area contributed by atoms with Crippen molar-refractivity contribution in [1.29, 1.82) is 0 Å². The molecule has 0 fully saturated rings. The molecule has 0 bridgehead atoms. The monoisotopic (exact) mass is 747 g/mol. The van der Waals surface area contributed by atoms with Gasteiger partial charge in [-0.3, -0.25) is 18.6 Å². The van der Waals surface area contributed by atoms with Crippen LogP contribution in [0.4, 0.5) is 0 Å². The van der Waals surface area contributed by atoms with Gasteiger partial charge in [-0.1, -0.05) is 147 Å². The van der Waals surface area contributed by atoms with Crippen LogP contribution in [0.15, 0.2) is 24.3 Å². The second-order valence-electron chi connectivity index (χ2n) is 13.7. The molecule has 0 saturated carbocycles. The van der Waals surface area contributed by atoms with Crippen LogP contribution in [0.1, 0.15) is 181 Å². The molecule has 0 rings (SSSR count). The van der Waals surface area contributed by atoms with Gasteiger partial charge in [0.05, 0.1) is 19.8 Å². The number of phosphoric ester groups is 1. The summed E-state index contributed by atoms with van der Waals surface area (Å²) in [5.74, 6) is -0.937. The van der Waals surface area contributed by atoms with Crippen LogP contribution >= 0.6 is 7.82 Å². The molecule has 0 radical (unpaired) electrons. The molecule has 0 amide bonds. The Labute approximate surface area is 310 Å². The van der Waals surface area contributed by atoms with Gasteiger partial charge in [-0.2, -0.15) is 0 Å². The third-order valence-electron chi connectivity index (χ3n) is 8.61. The molecule has 11 heteroatoms. The number of esters is 2. The number of phosphoric acid groups is 1. The SMILES string of the molecule is CCCCC/C=C\C/C=C\CCCCCCCC(=O)O[C@H](COC(=O)CCCCCCCCCCCCCCC)COP(=O)(O)OC[C@H](O)CO. The maximum Gasteiger partial charge on any atom is 0.472 e. The highest BCUT2D eigenvalue weighted by molar-refractivity contribution is 7.47. The zero-order chi connectivity index (χ0) is 37.7. The minimum absolute atomic E-state index is 0.171. The van der Waals surface area contributed by atoms with Crippen molar-refractivity contribution in [1.82, 2.24) is 0 Å². The molecule has 0 aromatic heterocycles. The van der Waals surface area contributed by atoms with E-state index in [0.717, 1.165) is 64.2 Å². The van der Waals surface area contributed by atoms with E-state index in [1.807, 2.05) is 0 Å². The molecule has 0 aliphatic heterocycles. The number of aliphatic hydroxyl groups excluding tert-OH is 2. The lowest BCUT2D eigenvalue weighted by Gasteiger charge is -2.20. The number of ether oxygens (including phenoxy) is 2. The molecule has 0 saturated heterocycles.